The molecule has 1 aromatic heterocycles. The average Bonchev–Trinajstić information content (AvgIpc) is 3.14. The number of hydrogen-bond acceptors (Lipinski definition) is 6. The molecular formula is C20H21N3O3S. The van der Waals surface area contributed by atoms with Gasteiger partial charge in [-0.1, -0.05) is 60.3 Å². The van der Waals surface area contributed by atoms with Crippen LogP contribution in [0, 0.1) is 6.92 Å². The quantitative estimate of drug-likeness (QED) is 0.594. The van der Waals surface area contributed by atoms with Gasteiger partial charge in [0.1, 0.15) is 5.75 Å². The lowest BCUT2D eigenvalue weighted by Crippen LogP contribution is -2.28. The topological polar surface area (TPSA) is 77.2 Å². The minimum atomic E-state index is -0.0905. The number of aromatic nitrogens is 2. The van der Waals surface area contributed by atoms with Gasteiger partial charge in [-0.05, 0) is 31.0 Å². The number of nitrogens with zero attached hydrogens (tertiary/aromatic N) is 2. The van der Waals surface area contributed by atoms with Crippen LogP contribution in [0.5, 0.6) is 5.75 Å². The van der Waals surface area contributed by atoms with Gasteiger partial charge in [-0.2, -0.15) is 0 Å². The lowest BCUT2D eigenvalue weighted by molar-refractivity contribution is -0.119. The van der Waals surface area contributed by atoms with Crippen LogP contribution in [-0.4, -0.2) is 21.9 Å². The molecule has 0 saturated heterocycles. The van der Waals surface area contributed by atoms with Gasteiger partial charge >= 0.3 is 0 Å². The van der Waals surface area contributed by atoms with E-state index in [-0.39, 0.29) is 24.3 Å². The highest BCUT2D eigenvalue weighted by Crippen LogP contribution is 2.20. The third-order valence-corrected chi connectivity index (χ3v) is 4.72. The molecule has 2 aromatic carbocycles. The fraction of sp³-hybridized carbons (Fsp3) is 0.250. The van der Waals surface area contributed by atoms with E-state index in [0.717, 1.165) is 16.9 Å². The standard InChI is InChI=1S/C20H21N3O3S/c1-14-8-6-7-11-17(14)25-12-19-22-23-20(26-19)27-13-18(24)21-15(2)16-9-4-3-5-10-16/h3-11,15H,12-13H2,1-2H3,(H,21,24)/t15-/m1/s1. The van der Waals surface area contributed by atoms with Gasteiger partial charge in [-0.25, -0.2) is 0 Å². The van der Waals surface area contributed by atoms with Gasteiger partial charge in [0.2, 0.25) is 5.91 Å². The Hall–Kier alpha value is -2.80. The Morgan fingerprint density at radius 2 is 1.89 bits per heavy atom. The summed E-state index contributed by atoms with van der Waals surface area (Å²) in [7, 11) is 0. The van der Waals surface area contributed by atoms with E-state index in [0.29, 0.717) is 11.1 Å². The number of amides is 1. The Bertz CT molecular complexity index is 883. The molecule has 1 N–H and O–H groups in total. The Balaban J connectivity index is 1.45. The predicted octanol–water partition coefficient (Wildman–Crippen LogP) is 3.93. The van der Waals surface area contributed by atoms with E-state index >= 15 is 0 Å². The zero-order chi connectivity index (χ0) is 19.1. The SMILES string of the molecule is Cc1ccccc1OCc1nnc(SCC(=O)N[C@H](C)c2ccccc2)o1. The molecule has 0 saturated carbocycles. The number of benzene rings is 2. The molecular weight excluding hydrogens is 362 g/mol. The summed E-state index contributed by atoms with van der Waals surface area (Å²) in [6.45, 7) is 4.11. The van der Waals surface area contributed by atoms with Crippen LogP contribution >= 0.6 is 11.8 Å². The van der Waals surface area contributed by atoms with Crippen LogP contribution in [0.15, 0.2) is 64.2 Å². The van der Waals surface area contributed by atoms with Crippen molar-refractivity contribution >= 4 is 17.7 Å². The van der Waals surface area contributed by atoms with Gasteiger partial charge in [0, 0.05) is 0 Å². The maximum Gasteiger partial charge on any atom is 0.277 e. The third kappa shape index (κ3) is 5.59. The second kappa shape index (κ2) is 9.23. The first-order valence-electron chi connectivity index (χ1n) is 8.60. The predicted molar refractivity (Wildman–Crippen MR) is 104 cm³/mol. The number of para-hydroxylation sites is 1. The molecule has 3 aromatic rings. The Kier molecular flexibility index (Phi) is 6.49. The maximum atomic E-state index is 12.1. The van der Waals surface area contributed by atoms with Crippen molar-refractivity contribution < 1.29 is 13.9 Å². The number of rotatable bonds is 8. The zero-order valence-corrected chi connectivity index (χ0v) is 16.0. The molecule has 140 valence electrons. The molecule has 0 unspecified atom stereocenters. The fourth-order valence-electron chi connectivity index (χ4n) is 2.45. The molecule has 6 nitrogen and oxygen atoms in total. The van der Waals surface area contributed by atoms with Crippen molar-refractivity contribution in [3.8, 4) is 5.75 Å². The smallest absolute Gasteiger partial charge is 0.277 e. The first kappa shape index (κ1) is 19.0. The van der Waals surface area contributed by atoms with Crippen molar-refractivity contribution in [2.45, 2.75) is 31.7 Å². The van der Waals surface area contributed by atoms with Crippen LogP contribution in [0.1, 0.15) is 30.0 Å². The van der Waals surface area contributed by atoms with Crippen molar-refractivity contribution in [3.05, 3.63) is 71.6 Å². The summed E-state index contributed by atoms with van der Waals surface area (Å²) in [6, 6.07) is 17.5. The highest BCUT2D eigenvalue weighted by Gasteiger charge is 2.13. The van der Waals surface area contributed by atoms with Crippen molar-refractivity contribution in [2.75, 3.05) is 5.75 Å². The summed E-state index contributed by atoms with van der Waals surface area (Å²) >= 11 is 1.20. The summed E-state index contributed by atoms with van der Waals surface area (Å²) in [5, 5.41) is 11.2. The van der Waals surface area contributed by atoms with Crippen molar-refractivity contribution in [3.63, 3.8) is 0 Å². The maximum absolute atomic E-state index is 12.1. The number of carbonyl (C=O) groups excluding carboxylic acids is 1. The van der Waals surface area contributed by atoms with E-state index < -0.39 is 0 Å². The molecule has 1 amide bonds. The van der Waals surface area contributed by atoms with Crippen molar-refractivity contribution in [1.82, 2.24) is 15.5 Å². The summed E-state index contributed by atoms with van der Waals surface area (Å²) in [6.07, 6.45) is 0. The summed E-state index contributed by atoms with van der Waals surface area (Å²) < 4.78 is 11.2. The van der Waals surface area contributed by atoms with Gasteiger partial charge in [0.05, 0.1) is 11.8 Å². The van der Waals surface area contributed by atoms with Gasteiger partial charge < -0.3 is 14.5 Å². The second-order valence-electron chi connectivity index (χ2n) is 6.00. The van der Waals surface area contributed by atoms with Crippen LogP contribution in [0.25, 0.3) is 0 Å². The number of hydrogen-bond donors (Lipinski definition) is 1. The number of carbonyl (C=O) groups is 1. The summed E-state index contributed by atoms with van der Waals surface area (Å²) in [5.41, 5.74) is 2.10. The Morgan fingerprint density at radius 3 is 2.67 bits per heavy atom. The minimum absolute atomic E-state index is 0.0555. The second-order valence-corrected chi connectivity index (χ2v) is 6.93. The Morgan fingerprint density at radius 1 is 1.15 bits per heavy atom. The molecule has 1 atom stereocenters. The van der Waals surface area contributed by atoms with Crippen molar-refractivity contribution in [2.24, 2.45) is 0 Å². The highest BCUT2D eigenvalue weighted by molar-refractivity contribution is 7.99. The van der Waals surface area contributed by atoms with Crippen LogP contribution in [0.2, 0.25) is 0 Å². The normalized spacial score (nSPS) is 11.8. The molecule has 1 heterocycles. The summed E-state index contributed by atoms with van der Waals surface area (Å²) in [5.74, 6) is 1.27. The molecule has 0 aliphatic heterocycles. The van der Waals surface area contributed by atoms with Crippen LogP contribution in [-0.2, 0) is 11.4 Å². The monoisotopic (exact) mass is 383 g/mol. The van der Waals surface area contributed by atoms with Crippen LogP contribution in [0.3, 0.4) is 0 Å². The van der Waals surface area contributed by atoms with E-state index in [2.05, 4.69) is 15.5 Å². The molecule has 27 heavy (non-hydrogen) atoms. The molecule has 0 bridgehead atoms. The number of nitrogens with one attached hydrogen (secondary N) is 1. The average molecular weight is 383 g/mol. The number of aryl methyl sites for hydroxylation is 1. The lowest BCUT2D eigenvalue weighted by atomic mass is 10.1. The van der Waals surface area contributed by atoms with Crippen LogP contribution < -0.4 is 10.1 Å². The van der Waals surface area contributed by atoms with E-state index in [4.69, 9.17) is 9.15 Å². The van der Waals surface area contributed by atoms with E-state index in [9.17, 15) is 4.79 Å². The molecule has 0 fully saturated rings. The van der Waals surface area contributed by atoms with Crippen molar-refractivity contribution in [1.29, 1.82) is 0 Å². The van der Waals surface area contributed by atoms with E-state index in [1.165, 1.54) is 11.8 Å². The Labute approximate surface area is 162 Å². The van der Waals surface area contributed by atoms with Crippen LogP contribution in [0.4, 0.5) is 0 Å². The molecule has 0 radical (unpaired) electrons. The first-order valence-corrected chi connectivity index (χ1v) is 9.58. The molecule has 0 aliphatic carbocycles. The highest BCUT2D eigenvalue weighted by atomic mass is 32.2. The third-order valence-electron chi connectivity index (χ3n) is 3.90. The van der Waals surface area contributed by atoms with Gasteiger partial charge in [-0.3, -0.25) is 4.79 Å². The number of thioether (sulfide) groups is 1. The van der Waals surface area contributed by atoms with Gasteiger partial charge in [0.15, 0.2) is 6.61 Å². The van der Waals surface area contributed by atoms with E-state index in [1.54, 1.807) is 0 Å². The zero-order valence-electron chi connectivity index (χ0n) is 15.2. The van der Waals surface area contributed by atoms with Gasteiger partial charge in [-0.15, -0.1) is 10.2 Å². The van der Waals surface area contributed by atoms with Gasteiger partial charge in [0.25, 0.3) is 11.1 Å². The minimum Gasteiger partial charge on any atom is -0.484 e. The first-order chi connectivity index (χ1) is 13.1. The molecule has 3 rings (SSSR count). The largest absolute Gasteiger partial charge is 0.484 e. The molecule has 7 heteroatoms. The number of ether oxygens (including phenoxy) is 1. The summed E-state index contributed by atoms with van der Waals surface area (Å²) in [4.78, 5) is 12.1. The molecule has 0 spiro atoms. The fourth-order valence-corrected chi connectivity index (χ4v) is 3.04. The van der Waals surface area contributed by atoms with E-state index in [1.807, 2.05) is 68.4 Å². The lowest BCUT2D eigenvalue weighted by Gasteiger charge is -2.13. The molecule has 0 aliphatic rings.